The van der Waals surface area contributed by atoms with Crippen molar-refractivity contribution in [3.05, 3.63) is 23.9 Å². The van der Waals surface area contributed by atoms with Gasteiger partial charge in [0.1, 0.15) is 11.9 Å². The Morgan fingerprint density at radius 1 is 1.41 bits per heavy atom. The van der Waals surface area contributed by atoms with Crippen molar-refractivity contribution >= 4 is 5.82 Å². The molecule has 1 atom stereocenters. The maximum atomic E-state index is 8.76. The van der Waals surface area contributed by atoms with Gasteiger partial charge in [0.05, 0.1) is 5.56 Å². The van der Waals surface area contributed by atoms with Crippen molar-refractivity contribution in [2.24, 2.45) is 0 Å². The average Bonchev–Trinajstić information content (AvgIpc) is 2.39. The van der Waals surface area contributed by atoms with E-state index >= 15 is 0 Å². The van der Waals surface area contributed by atoms with E-state index in [4.69, 9.17) is 5.26 Å². The molecule has 1 unspecified atom stereocenters. The van der Waals surface area contributed by atoms with Crippen molar-refractivity contribution < 1.29 is 0 Å². The number of nitrogens with zero attached hydrogens (tertiary/aromatic N) is 3. The molecule has 17 heavy (non-hydrogen) atoms. The predicted octanol–water partition coefficient (Wildman–Crippen LogP) is 3.36. The minimum Gasteiger partial charge on any atom is -0.354 e. The van der Waals surface area contributed by atoms with Gasteiger partial charge < -0.3 is 4.90 Å². The van der Waals surface area contributed by atoms with Crippen LogP contribution < -0.4 is 4.90 Å². The van der Waals surface area contributed by atoms with Crippen LogP contribution in [0.5, 0.6) is 0 Å². The molecule has 1 aromatic rings. The lowest BCUT2D eigenvalue weighted by Gasteiger charge is -2.29. The monoisotopic (exact) mass is 231 g/mol. The summed E-state index contributed by atoms with van der Waals surface area (Å²) in [4.78, 5) is 6.70. The Labute approximate surface area is 104 Å². The number of pyridine rings is 1. The van der Waals surface area contributed by atoms with Crippen LogP contribution in [0.15, 0.2) is 18.3 Å². The summed E-state index contributed by atoms with van der Waals surface area (Å²) in [5.74, 6) is 0.979. The van der Waals surface area contributed by atoms with Crippen LogP contribution in [-0.4, -0.2) is 17.6 Å². The third-order valence-electron chi connectivity index (χ3n) is 3.05. The van der Waals surface area contributed by atoms with Crippen LogP contribution >= 0.6 is 0 Å². The van der Waals surface area contributed by atoms with Crippen molar-refractivity contribution in [2.45, 2.75) is 46.1 Å². The number of hydrogen-bond acceptors (Lipinski definition) is 3. The van der Waals surface area contributed by atoms with Gasteiger partial charge in [-0.3, -0.25) is 0 Å². The van der Waals surface area contributed by atoms with Crippen LogP contribution in [0.1, 0.15) is 45.6 Å². The second-order valence-corrected chi connectivity index (χ2v) is 4.32. The van der Waals surface area contributed by atoms with Crippen LogP contribution in [0, 0.1) is 11.3 Å². The SMILES string of the molecule is CCCCN(c1ccc(C#N)cn1)C(C)CC. The lowest BCUT2D eigenvalue weighted by atomic mass is 10.2. The van der Waals surface area contributed by atoms with Gasteiger partial charge in [-0.15, -0.1) is 0 Å². The molecule has 0 aliphatic heterocycles. The number of unbranched alkanes of at least 4 members (excludes halogenated alkanes) is 1. The van der Waals surface area contributed by atoms with Crippen LogP contribution in [0.25, 0.3) is 0 Å². The fourth-order valence-electron chi connectivity index (χ4n) is 1.73. The zero-order valence-corrected chi connectivity index (χ0v) is 11.0. The molecule has 0 aromatic carbocycles. The lowest BCUT2D eigenvalue weighted by molar-refractivity contribution is 0.589. The van der Waals surface area contributed by atoms with Gasteiger partial charge in [-0.05, 0) is 31.9 Å². The summed E-state index contributed by atoms with van der Waals surface area (Å²) >= 11 is 0. The number of hydrogen-bond donors (Lipinski definition) is 0. The van der Waals surface area contributed by atoms with Crippen molar-refractivity contribution in [3.63, 3.8) is 0 Å². The third-order valence-corrected chi connectivity index (χ3v) is 3.05. The van der Waals surface area contributed by atoms with Gasteiger partial charge in [-0.1, -0.05) is 20.3 Å². The highest BCUT2D eigenvalue weighted by atomic mass is 15.2. The first-order valence-electron chi connectivity index (χ1n) is 6.35. The zero-order chi connectivity index (χ0) is 12.7. The van der Waals surface area contributed by atoms with E-state index in [9.17, 15) is 0 Å². The highest BCUT2D eigenvalue weighted by Crippen LogP contribution is 2.17. The normalized spacial score (nSPS) is 11.9. The van der Waals surface area contributed by atoms with Gasteiger partial charge in [0.25, 0.3) is 0 Å². The molecule has 0 saturated heterocycles. The summed E-state index contributed by atoms with van der Waals surface area (Å²) in [6.45, 7) is 7.63. The standard InChI is InChI=1S/C14H21N3/c1-4-6-9-17(12(3)5-2)14-8-7-13(10-15)11-16-14/h7-8,11-12H,4-6,9H2,1-3H3. The second kappa shape index (κ2) is 6.90. The van der Waals surface area contributed by atoms with E-state index in [0.29, 0.717) is 11.6 Å². The van der Waals surface area contributed by atoms with Crippen molar-refractivity contribution in [1.82, 2.24) is 4.98 Å². The van der Waals surface area contributed by atoms with E-state index in [1.807, 2.05) is 12.1 Å². The molecule has 1 heterocycles. The van der Waals surface area contributed by atoms with Gasteiger partial charge in [-0.2, -0.15) is 5.26 Å². The van der Waals surface area contributed by atoms with Gasteiger partial charge in [0.15, 0.2) is 0 Å². The number of aromatic nitrogens is 1. The molecule has 0 spiro atoms. The Bertz CT molecular complexity index is 364. The molecule has 3 nitrogen and oxygen atoms in total. The highest BCUT2D eigenvalue weighted by Gasteiger charge is 2.13. The number of anilines is 1. The average molecular weight is 231 g/mol. The largest absolute Gasteiger partial charge is 0.354 e. The summed E-state index contributed by atoms with van der Waals surface area (Å²) in [7, 11) is 0. The Balaban J connectivity index is 2.84. The lowest BCUT2D eigenvalue weighted by Crippen LogP contribution is -2.34. The van der Waals surface area contributed by atoms with E-state index in [2.05, 4.69) is 36.7 Å². The second-order valence-electron chi connectivity index (χ2n) is 4.32. The minimum atomic E-state index is 0.488. The van der Waals surface area contributed by atoms with E-state index in [1.54, 1.807) is 6.20 Å². The molecule has 0 bridgehead atoms. The fraction of sp³-hybridized carbons (Fsp3) is 0.571. The zero-order valence-electron chi connectivity index (χ0n) is 11.0. The molecule has 0 saturated carbocycles. The Morgan fingerprint density at radius 2 is 2.18 bits per heavy atom. The van der Waals surface area contributed by atoms with Crippen LogP contribution in [0.3, 0.4) is 0 Å². The molecule has 0 amide bonds. The van der Waals surface area contributed by atoms with E-state index in [0.717, 1.165) is 18.8 Å². The quantitative estimate of drug-likeness (QED) is 0.753. The van der Waals surface area contributed by atoms with Crippen LogP contribution in [0.2, 0.25) is 0 Å². The maximum absolute atomic E-state index is 8.76. The summed E-state index contributed by atoms with van der Waals surface area (Å²) in [5, 5.41) is 8.76. The van der Waals surface area contributed by atoms with Crippen molar-refractivity contribution in [3.8, 4) is 6.07 Å². The highest BCUT2D eigenvalue weighted by molar-refractivity contribution is 5.42. The van der Waals surface area contributed by atoms with E-state index in [-0.39, 0.29) is 0 Å². The summed E-state index contributed by atoms with van der Waals surface area (Å²) in [6.07, 6.45) is 5.11. The van der Waals surface area contributed by atoms with Crippen LogP contribution in [-0.2, 0) is 0 Å². The molecule has 0 N–H and O–H groups in total. The molecule has 0 aliphatic rings. The van der Waals surface area contributed by atoms with Gasteiger partial charge in [-0.25, -0.2) is 4.98 Å². The molecule has 1 rings (SSSR count). The molecule has 0 aliphatic carbocycles. The Kier molecular flexibility index (Phi) is 5.48. The summed E-state index contributed by atoms with van der Waals surface area (Å²) < 4.78 is 0. The maximum Gasteiger partial charge on any atom is 0.128 e. The van der Waals surface area contributed by atoms with Crippen LogP contribution in [0.4, 0.5) is 5.82 Å². The van der Waals surface area contributed by atoms with Gasteiger partial charge in [0, 0.05) is 18.8 Å². The molecular weight excluding hydrogens is 210 g/mol. The van der Waals surface area contributed by atoms with Crippen molar-refractivity contribution in [1.29, 1.82) is 5.26 Å². The van der Waals surface area contributed by atoms with Gasteiger partial charge in [0.2, 0.25) is 0 Å². The first-order chi connectivity index (χ1) is 8.22. The van der Waals surface area contributed by atoms with Crippen molar-refractivity contribution in [2.75, 3.05) is 11.4 Å². The molecule has 0 fully saturated rings. The topological polar surface area (TPSA) is 39.9 Å². The van der Waals surface area contributed by atoms with Gasteiger partial charge >= 0.3 is 0 Å². The first kappa shape index (κ1) is 13.5. The predicted molar refractivity (Wildman–Crippen MR) is 71.0 cm³/mol. The number of nitriles is 1. The van der Waals surface area contributed by atoms with E-state index in [1.165, 1.54) is 12.8 Å². The summed E-state index contributed by atoms with van der Waals surface area (Å²) in [6, 6.07) is 6.37. The molecule has 3 heteroatoms. The minimum absolute atomic E-state index is 0.488. The fourth-order valence-corrected chi connectivity index (χ4v) is 1.73. The number of rotatable bonds is 6. The summed E-state index contributed by atoms with van der Waals surface area (Å²) in [5.41, 5.74) is 0.619. The Morgan fingerprint density at radius 3 is 2.65 bits per heavy atom. The first-order valence-corrected chi connectivity index (χ1v) is 6.35. The smallest absolute Gasteiger partial charge is 0.128 e. The third kappa shape index (κ3) is 3.74. The molecule has 1 aromatic heterocycles. The molecule has 0 radical (unpaired) electrons. The molecule has 92 valence electrons. The van der Waals surface area contributed by atoms with E-state index < -0.39 is 0 Å². The molecular formula is C14H21N3. The Hall–Kier alpha value is -1.56.